The fourth-order valence-corrected chi connectivity index (χ4v) is 1.96. The molecule has 0 saturated heterocycles. The highest BCUT2D eigenvalue weighted by Crippen LogP contribution is 2.38. The summed E-state index contributed by atoms with van der Waals surface area (Å²) in [6.45, 7) is 0. The van der Waals surface area contributed by atoms with Crippen molar-refractivity contribution in [2.45, 2.75) is 18.9 Å². The van der Waals surface area contributed by atoms with E-state index < -0.39 is 0 Å². The Balaban J connectivity index is 2.05. The molecule has 1 saturated carbocycles. The maximum absolute atomic E-state index is 6.13. The summed E-state index contributed by atoms with van der Waals surface area (Å²) in [6.07, 6.45) is 2.52. The molecule has 15 heavy (non-hydrogen) atoms. The number of rotatable bonds is 2. The molecule has 1 aliphatic rings. The van der Waals surface area contributed by atoms with Crippen molar-refractivity contribution in [3.63, 3.8) is 0 Å². The molecule has 0 aliphatic heterocycles. The number of para-hydroxylation sites is 1. The summed E-state index contributed by atoms with van der Waals surface area (Å²) in [6, 6.07) is 12.5. The molecular formula is C13H14N2. The van der Waals surface area contributed by atoms with Crippen molar-refractivity contribution < 1.29 is 0 Å². The average molecular weight is 198 g/mol. The molecular weight excluding hydrogens is 184 g/mol. The number of hydrogen-bond donors (Lipinski definition) is 1. The van der Waals surface area contributed by atoms with Crippen LogP contribution >= 0.6 is 0 Å². The molecule has 76 valence electrons. The second-order valence-electron chi connectivity index (χ2n) is 4.29. The minimum Gasteiger partial charge on any atom is -0.322 e. The lowest BCUT2D eigenvalue weighted by atomic mass is 10.1. The van der Waals surface area contributed by atoms with E-state index in [1.165, 1.54) is 18.2 Å². The lowest BCUT2D eigenvalue weighted by Gasteiger charge is -2.10. The molecule has 2 N–H and O–H groups in total. The predicted octanol–water partition coefficient (Wildman–Crippen LogP) is 2.64. The van der Waals surface area contributed by atoms with E-state index in [0.717, 1.165) is 11.2 Å². The molecule has 0 radical (unpaired) electrons. The number of fused-ring (bicyclic) bond motifs is 1. The van der Waals surface area contributed by atoms with Crippen LogP contribution in [0.25, 0.3) is 10.9 Å². The van der Waals surface area contributed by atoms with Crippen molar-refractivity contribution in [2.75, 3.05) is 0 Å². The van der Waals surface area contributed by atoms with Gasteiger partial charge in [-0.05, 0) is 30.9 Å². The average Bonchev–Trinajstić information content (AvgIpc) is 3.11. The molecule has 0 bridgehead atoms. The first-order valence-corrected chi connectivity index (χ1v) is 5.46. The zero-order valence-corrected chi connectivity index (χ0v) is 8.56. The highest BCUT2D eigenvalue weighted by molar-refractivity contribution is 5.78. The normalized spacial score (nSPS) is 17.9. The summed E-state index contributed by atoms with van der Waals surface area (Å²) in [5.41, 5.74) is 8.21. The molecule has 2 heteroatoms. The molecule has 3 rings (SSSR count). The maximum Gasteiger partial charge on any atom is 0.0706 e. The van der Waals surface area contributed by atoms with Gasteiger partial charge >= 0.3 is 0 Å². The standard InChI is InChI=1S/C13H14N2/c14-13(10-5-6-10)12-8-7-9-3-1-2-4-11(9)15-12/h1-4,7-8,10,13H,5-6,14H2. The van der Waals surface area contributed by atoms with Gasteiger partial charge in [-0.15, -0.1) is 0 Å². The highest BCUT2D eigenvalue weighted by Gasteiger charge is 2.30. The molecule has 1 heterocycles. The summed E-state index contributed by atoms with van der Waals surface area (Å²) in [5, 5.41) is 1.18. The van der Waals surface area contributed by atoms with Crippen molar-refractivity contribution in [2.24, 2.45) is 11.7 Å². The van der Waals surface area contributed by atoms with Gasteiger partial charge < -0.3 is 5.73 Å². The van der Waals surface area contributed by atoms with Gasteiger partial charge in [0.15, 0.2) is 0 Å². The van der Waals surface area contributed by atoms with E-state index in [1.54, 1.807) is 0 Å². The van der Waals surface area contributed by atoms with Crippen LogP contribution in [-0.4, -0.2) is 4.98 Å². The smallest absolute Gasteiger partial charge is 0.0706 e. The molecule has 1 fully saturated rings. The van der Waals surface area contributed by atoms with E-state index in [9.17, 15) is 0 Å². The number of nitrogens with two attached hydrogens (primary N) is 1. The molecule has 1 aliphatic carbocycles. The summed E-state index contributed by atoms with van der Waals surface area (Å²) in [5.74, 6) is 0.665. The predicted molar refractivity (Wildman–Crippen MR) is 61.4 cm³/mol. The van der Waals surface area contributed by atoms with E-state index in [-0.39, 0.29) is 6.04 Å². The molecule has 2 nitrogen and oxygen atoms in total. The van der Waals surface area contributed by atoms with Crippen LogP contribution in [0.1, 0.15) is 24.6 Å². The van der Waals surface area contributed by atoms with Gasteiger partial charge in [0, 0.05) is 11.4 Å². The number of pyridine rings is 1. The van der Waals surface area contributed by atoms with Gasteiger partial charge in [0.05, 0.1) is 11.2 Å². The molecule has 1 unspecified atom stereocenters. The Morgan fingerprint density at radius 2 is 1.93 bits per heavy atom. The number of hydrogen-bond acceptors (Lipinski definition) is 2. The summed E-state index contributed by atoms with van der Waals surface area (Å²) in [7, 11) is 0. The van der Waals surface area contributed by atoms with Gasteiger partial charge in [0.2, 0.25) is 0 Å². The first-order valence-electron chi connectivity index (χ1n) is 5.46. The van der Waals surface area contributed by atoms with E-state index in [2.05, 4.69) is 23.2 Å². The van der Waals surface area contributed by atoms with Gasteiger partial charge in [0.1, 0.15) is 0 Å². The quantitative estimate of drug-likeness (QED) is 0.805. The zero-order chi connectivity index (χ0) is 10.3. The third-order valence-corrected chi connectivity index (χ3v) is 3.09. The molecule has 1 aromatic heterocycles. The van der Waals surface area contributed by atoms with Crippen molar-refractivity contribution >= 4 is 10.9 Å². The van der Waals surface area contributed by atoms with Gasteiger partial charge in [-0.3, -0.25) is 4.98 Å². The van der Waals surface area contributed by atoms with Gasteiger partial charge in [0.25, 0.3) is 0 Å². The lowest BCUT2D eigenvalue weighted by Crippen LogP contribution is -2.13. The number of aromatic nitrogens is 1. The van der Waals surface area contributed by atoms with Crippen molar-refractivity contribution in [3.05, 3.63) is 42.1 Å². The topological polar surface area (TPSA) is 38.9 Å². The van der Waals surface area contributed by atoms with Gasteiger partial charge in [-0.1, -0.05) is 24.3 Å². The molecule has 0 amide bonds. The van der Waals surface area contributed by atoms with Crippen LogP contribution in [0.4, 0.5) is 0 Å². The number of nitrogens with zero attached hydrogens (tertiary/aromatic N) is 1. The lowest BCUT2D eigenvalue weighted by molar-refractivity contribution is 0.617. The van der Waals surface area contributed by atoms with E-state index in [0.29, 0.717) is 5.92 Å². The first kappa shape index (κ1) is 8.86. The monoisotopic (exact) mass is 198 g/mol. The second-order valence-corrected chi connectivity index (χ2v) is 4.29. The van der Waals surface area contributed by atoms with E-state index in [4.69, 9.17) is 5.73 Å². The van der Waals surface area contributed by atoms with Gasteiger partial charge in [-0.2, -0.15) is 0 Å². The Hall–Kier alpha value is -1.41. The van der Waals surface area contributed by atoms with Crippen LogP contribution < -0.4 is 5.73 Å². The van der Waals surface area contributed by atoms with Crippen LogP contribution in [0.2, 0.25) is 0 Å². The minimum atomic E-state index is 0.134. The molecule has 1 atom stereocenters. The molecule has 0 spiro atoms. The van der Waals surface area contributed by atoms with Crippen LogP contribution in [-0.2, 0) is 0 Å². The fourth-order valence-electron chi connectivity index (χ4n) is 1.96. The molecule has 1 aromatic carbocycles. The maximum atomic E-state index is 6.13. The molecule has 2 aromatic rings. The van der Waals surface area contributed by atoms with Crippen molar-refractivity contribution in [1.82, 2.24) is 4.98 Å². The van der Waals surface area contributed by atoms with E-state index in [1.807, 2.05) is 18.2 Å². The fraction of sp³-hybridized carbons (Fsp3) is 0.308. The van der Waals surface area contributed by atoms with Crippen LogP contribution in [0, 0.1) is 5.92 Å². The van der Waals surface area contributed by atoms with Crippen molar-refractivity contribution in [1.29, 1.82) is 0 Å². The minimum absolute atomic E-state index is 0.134. The summed E-state index contributed by atoms with van der Waals surface area (Å²) >= 11 is 0. The number of benzene rings is 1. The SMILES string of the molecule is NC(c1ccc2ccccc2n1)C1CC1. The Labute approximate surface area is 89.1 Å². The van der Waals surface area contributed by atoms with E-state index >= 15 is 0 Å². The Kier molecular flexibility index (Phi) is 1.96. The first-order chi connectivity index (χ1) is 7.34. The summed E-state index contributed by atoms with van der Waals surface area (Å²) in [4.78, 5) is 4.61. The largest absolute Gasteiger partial charge is 0.322 e. The third kappa shape index (κ3) is 1.61. The second kappa shape index (κ2) is 3.31. The Bertz CT molecular complexity index is 489. The van der Waals surface area contributed by atoms with Gasteiger partial charge in [-0.25, -0.2) is 0 Å². The van der Waals surface area contributed by atoms with Crippen LogP contribution in [0.15, 0.2) is 36.4 Å². The van der Waals surface area contributed by atoms with Crippen LogP contribution in [0.3, 0.4) is 0 Å². The summed E-state index contributed by atoms with van der Waals surface area (Å²) < 4.78 is 0. The Morgan fingerprint density at radius 3 is 2.73 bits per heavy atom. The Morgan fingerprint density at radius 1 is 1.13 bits per heavy atom. The van der Waals surface area contributed by atoms with Crippen LogP contribution in [0.5, 0.6) is 0 Å². The highest BCUT2D eigenvalue weighted by atomic mass is 14.8. The van der Waals surface area contributed by atoms with Crippen molar-refractivity contribution in [3.8, 4) is 0 Å². The zero-order valence-electron chi connectivity index (χ0n) is 8.56. The third-order valence-electron chi connectivity index (χ3n) is 3.09.